The van der Waals surface area contributed by atoms with Crippen LogP contribution in [-0.2, 0) is 11.2 Å². The predicted octanol–water partition coefficient (Wildman–Crippen LogP) is 5.46. The third-order valence-electron chi connectivity index (χ3n) is 6.09. The van der Waals surface area contributed by atoms with E-state index in [4.69, 9.17) is 11.6 Å². The van der Waals surface area contributed by atoms with Crippen LogP contribution in [0.3, 0.4) is 0 Å². The minimum atomic E-state index is -0.705. The van der Waals surface area contributed by atoms with Crippen LogP contribution in [0.15, 0.2) is 53.9 Å². The molecular formula is C26H26ClNO3S. The number of halogens is 1. The second-order valence-electron chi connectivity index (χ2n) is 8.39. The Hall–Kier alpha value is -2.47. The highest BCUT2D eigenvalue weighted by Crippen LogP contribution is 2.30. The molecule has 1 aliphatic heterocycles. The summed E-state index contributed by atoms with van der Waals surface area (Å²) in [5.74, 6) is -0.323. The minimum Gasteiger partial charge on any atom is -0.391 e. The third kappa shape index (κ3) is 4.65. The van der Waals surface area contributed by atoms with Gasteiger partial charge in [-0.2, -0.15) is 0 Å². The summed E-state index contributed by atoms with van der Waals surface area (Å²) < 4.78 is 0. The number of hydrogen-bond acceptors (Lipinski definition) is 4. The highest BCUT2D eigenvalue weighted by atomic mass is 35.5. The van der Waals surface area contributed by atoms with Gasteiger partial charge in [-0.05, 0) is 60.0 Å². The van der Waals surface area contributed by atoms with Gasteiger partial charge in [0.15, 0.2) is 5.78 Å². The Morgan fingerprint density at radius 3 is 2.50 bits per heavy atom. The van der Waals surface area contributed by atoms with Crippen LogP contribution < -0.4 is 0 Å². The maximum Gasteiger partial charge on any atom is 0.256 e. The molecule has 166 valence electrons. The lowest BCUT2D eigenvalue weighted by Gasteiger charge is -2.24. The number of nitrogens with zero attached hydrogens (tertiary/aromatic N) is 1. The second-order valence-corrected chi connectivity index (χ2v) is 9.71. The van der Waals surface area contributed by atoms with Crippen molar-refractivity contribution in [3.05, 3.63) is 81.2 Å². The van der Waals surface area contributed by atoms with Gasteiger partial charge < -0.3 is 10.0 Å². The summed E-state index contributed by atoms with van der Waals surface area (Å²) in [5, 5.41) is 12.7. The monoisotopic (exact) mass is 467 g/mol. The summed E-state index contributed by atoms with van der Waals surface area (Å²) in [5.41, 5.74) is 4.68. The molecule has 0 unspecified atom stereocenters. The van der Waals surface area contributed by atoms with Crippen molar-refractivity contribution < 1.29 is 14.7 Å². The van der Waals surface area contributed by atoms with Crippen LogP contribution in [0.25, 0.3) is 10.4 Å². The number of Topliss-reactive ketones (excluding diaryl/α,β-unsaturated/α-hetero) is 1. The van der Waals surface area contributed by atoms with Crippen molar-refractivity contribution >= 4 is 34.6 Å². The number of benzene rings is 2. The van der Waals surface area contributed by atoms with Gasteiger partial charge in [-0.15, -0.1) is 11.3 Å². The molecule has 2 heterocycles. The number of likely N-dealkylation sites (tertiary alicyclic amines) is 1. The standard InChI is InChI=1S/C26H26ClNO3S/c1-16-4-3-5-21(27)24(16)26(31)28-15-20(29)14-22(28)23(30)11-8-18-6-9-19(10-7-18)25-17(2)12-13-32-25/h3-7,9-10,12-13,20,22,29H,8,11,14-15H2,1-2H3/t20-,22+/m1/s1. The number of thiophene rings is 1. The number of carbonyl (C=O) groups excluding carboxylic acids is 2. The van der Waals surface area contributed by atoms with Crippen molar-refractivity contribution in [3.8, 4) is 10.4 Å². The molecule has 0 saturated carbocycles. The van der Waals surface area contributed by atoms with Crippen molar-refractivity contribution in [3.63, 3.8) is 0 Å². The van der Waals surface area contributed by atoms with E-state index in [-0.39, 0.29) is 24.7 Å². The fraction of sp³-hybridized carbons (Fsp3) is 0.308. The first-order valence-corrected chi connectivity index (χ1v) is 12.0. The Labute approximate surface area is 197 Å². The normalized spacial score (nSPS) is 18.2. The lowest BCUT2D eigenvalue weighted by atomic mass is 9.99. The van der Waals surface area contributed by atoms with Gasteiger partial charge in [0.05, 0.1) is 22.7 Å². The number of rotatable bonds is 6. The molecule has 3 aromatic rings. The van der Waals surface area contributed by atoms with Gasteiger partial charge in [-0.3, -0.25) is 9.59 Å². The summed E-state index contributed by atoms with van der Waals surface area (Å²) in [6.45, 7) is 4.07. The van der Waals surface area contributed by atoms with Gasteiger partial charge in [0, 0.05) is 24.3 Å². The molecule has 2 atom stereocenters. The second kappa shape index (κ2) is 9.57. The number of aryl methyl sites for hydroxylation is 3. The first kappa shape index (κ1) is 22.7. The van der Waals surface area contributed by atoms with Crippen LogP contribution >= 0.6 is 22.9 Å². The Bertz CT molecular complexity index is 1120. The van der Waals surface area contributed by atoms with Crippen LogP contribution in [0, 0.1) is 13.8 Å². The zero-order valence-corrected chi connectivity index (χ0v) is 19.7. The number of hydrogen-bond donors (Lipinski definition) is 1. The molecule has 0 spiro atoms. The fourth-order valence-corrected chi connectivity index (χ4v) is 5.55. The van der Waals surface area contributed by atoms with Crippen molar-refractivity contribution in [1.29, 1.82) is 0 Å². The Morgan fingerprint density at radius 2 is 1.84 bits per heavy atom. The number of β-amino-alcohol motifs (C(OH)–C–C–N with tert-alkyl or cyclic N) is 1. The van der Waals surface area contributed by atoms with E-state index in [1.165, 1.54) is 20.9 Å². The highest BCUT2D eigenvalue weighted by molar-refractivity contribution is 7.13. The van der Waals surface area contributed by atoms with Gasteiger partial charge in [0.25, 0.3) is 5.91 Å². The number of amides is 1. The molecule has 1 saturated heterocycles. The maximum atomic E-state index is 13.2. The number of carbonyl (C=O) groups is 2. The predicted molar refractivity (Wildman–Crippen MR) is 129 cm³/mol. The van der Waals surface area contributed by atoms with E-state index in [9.17, 15) is 14.7 Å². The molecule has 4 rings (SSSR count). The Balaban J connectivity index is 1.44. The Morgan fingerprint density at radius 1 is 1.09 bits per heavy atom. The molecule has 4 nitrogen and oxygen atoms in total. The molecule has 6 heteroatoms. The van der Waals surface area contributed by atoms with Gasteiger partial charge in [0.2, 0.25) is 0 Å². The van der Waals surface area contributed by atoms with Crippen LogP contribution in [0.5, 0.6) is 0 Å². The summed E-state index contributed by atoms with van der Waals surface area (Å²) in [7, 11) is 0. The zero-order chi connectivity index (χ0) is 22.8. The average molecular weight is 468 g/mol. The molecule has 1 amide bonds. The van der Waals surface area contributed by atoms with Crippen molar-refractivity contribution in [1.82, 2.24) is 4.90 Å². The summed E-state index contributed by atoms with van der Waals surface area (Å²) in [6.07, 6.45) is 0.483. The summed E-state index contributed by atoms with van der Waals surface area (Å²) >= 11 is 8.00. The van der Waals surface area contributed by atoms with Crippen molar-refractivity contribution in [2.75, 3.05) is 6.54 Å². The highest BCUT2D eigenvalue weighted by Gasteiger charge is 2.39. The van der Waals surface area contributed by atoms with Crippen LogP contribution in [0.2, 0.25) is 5.02 Å². The molecule has 0 aliphatic carbocycles. The molecule has 1 fully saturated rings. The lowest BCUT2D eigenvalue weighted by Crippen LogP contribution is -2.41. The molecule has 1 aromatic heterocycles. The van der Waals surface area contributed by atoms with Crippen LogP contribution in [0.4, 0.5) is 0 Å². The quantitative estimate of drug-likeness (QED) is 0.523. The van der Waals surface area contributed by atoms with Crippen LogP contribution in [0.1, 0.15) is 39.9 Å². The lowest BCUT2D eigenvalue weighted by molar-refractivity contribution is -0.122. The summed E-state index contributed by atoms with van der Waals surface area (Å²) in [4.78, 5) is 29.0. The third-order valence-corrected chi connectivity index (χ3v) is 7.47. The SMILES string of the molecule is Cc1ccsc1-c1ccc(CCC(=O)[C@@H]2C[C@@H](O)CN2C(=O)c2c(C)cccc2Cl)cc1. The molecule has 0 bridgehead atoms. The van der Waals surface area contributed by atoms with Gasteiger partial charge >= 0.3 is 0 Å². The smallest absolute Gasteiger partial charge is 0.256 e. The van der Waals surface area contributed by atoms with Crippen molar-refractivity contribution in [2.24, 2.45) is 0 Å². The Kier molecular flexibility index (Phi) is 6.79. The van der Waals surface area contributed by atoms with E-state index < -0.39 is 12.1 Å². The van der Waals surface area contributed by atoms with Gasteiger partial charge in [-0.1, -0.05) is 48.0 Å². The first-order valence-electron chi connectivity index (χ1n) is 10.8. The maximum absolute atomic E-state index is 13.2. The molecule has 2 aromatic carbocycles. The summed E-state index contributed by atoms with van der Waals surface area (Å²) in [6, 6.07) is 15.1. The largest absolute Gasteiger partial charge is 0.391 e. The zero-order valence-electron chi connectivity index (χ0n) is 18.2. The van der Waals surface area contributed by atoms with Gasteiger partial charge in [0.1, 0.15) is 0 Å². The fourth-order valence-electron chi connectivity index (χ4n) is 4.32. The molecule has 32 heavy (non-hydrogen) atoms. The molecule has 0 radical (unpaired) electrons. The van der Waals surface area contributed by atoms with Crippen LogP contribution in [-0.4, -0.2) is 40.4 Å². The first-order chi connectivity index (χ1) is 15.3. The molecular weight excluding hydrogens is 442 g/mol. The van der Waals surface area contributed by atoms with Gasteiger partial charge in [-0.25, -0.2) is 0 Å². The minimum absolute atomic E-state index is 0.0298. The number of aliphatic hydroxyl groups excluding tert-OH is 1. The van der Waals surface area contributed by atoms with E-state index in [2.05, 4.69) is 42.6 Å². The number of aliphatic hydroxyl groups is 1. The molecule has 1 aliphatic rings. The molecule has 1 N–H and O–H groups in total. The van der Waals surface area contributed by atoms with E-state index in [0.29, 0.717) is 23.4 Å². The topological polar surface area (TPSA) is 57.6 Å². The number of ketones is 1. The van der Waals surface area contributed by atoms with E-state index in [1.54, 1.807) is 23.5 Å². The van der Waals surface area contributed by atoms with Crippen molar-refractivity contribution in [2.45, 2.75) is 45.3 Å². The van der Waals surface area contributed by atoms with E-state index in [0.717, 1.165) is 11.1 Å². The van der Waals surface area contributed by atoms with E-state index >= 15 is 0 Å². The van der Waals surface area contributed by atoms with E-state index in [1.807, 2.05) is 13.0 Å². The average Bonchev–Trinajstić information content (AvgIpc) is 3.37.